The van der Waals surface area contributed by atoms with Crippen molar-refractivity contribution in [3.63, 3.8) is 0 Å². The number of hydrogen-bond acceptors (Lipinski definition) is 4. The van der Waals surface area contributed by atoms with Gasteiger partial charge in [-0.15, -0.1) is 0 Å². The van der Waals surface area contributed by atoms with Gasteiger partial charge in [0.05, 0.1) is 24.2 Å². The SMILES string of the molecule is CCNC(=NCCn1c(C)nc2ccccc21)N1CCN(C(=O)OCC)CC1. The van der Waals surface area contributed by atoms with Gasteiger partial charge in [0.1, 0.15) is 5.82 Å². The van der Waals surface area contributed by atoms with E-state index in [4.69, 9.17) is 9.73 Å². The lowest BCUT2D eigenvalue weighted by Gasteiger charge is -2.35. The van der Waals surface area contributed by atoms with Crippen molar-refractivity contribution in [3.8, 4) is 0 Å². The molecule has 2 heterocycles. The minimum absolute atomic E-state index is 0.230. The van der Waals surface area contributed by atoms with E-state index < -0.39 is 0 Å². The van der Waals surface area contributed by atoms with Gasteiger partial charge in [-0.2, -0.15) is 0 Å². The summed E-state index contributed by atoms with van der Waals surface area (Å²) in [4.78, 5) is 25.3. The van der Waals surface area contributed by atoms with Crippen molar-refractivity contribution >= 4 is 23.1 Å². The number of imidazole rings is 1. The van der Waals surface area contributed by atoms with Crippen LogP contribution in [0.4, 0.5) is 4.79 Å². The molecule has 1 fully saturated rings. The van der Waals surface area contributed by atoms with Crippen LogP contribution >= 0.6 is 0 Å². The topological polar surface area (TPSA) is 75.0 Å². The largest absolute Gasteiger partial charge is 0.450 e. The number of hydrogen-bond donors (Lipinski definition) is 1. The summed E-state index contributed by atoms with van der Waals surface area (Å²) in [6.45, 7) is 11.4. The summed E-state index contributed by atoms with van der Waals surface area (Å²) < 4.78 is 7.30. The summed E-state index contributed by atoms with van der Waals surface area (Å²) in [6.07, 6.45) is -0.230. The fourth-order valence-corrected chi connectivity index (χ4v) is 3.48. The molecular formula is C20H30N6O2. The Morgan fingerprint density at radius 3 is 2.61 bits per heavy atom. The van der Waals surface area contributed by atoms with Crippen LogP contribution in [-0.2, 0) is 11.3 Å². The van der Waals surface area contributed by atoms with E-state index >= 15 is 0 Å². The maximum Gasteiger partial charge on any atom is 0.409 e. The Bertz CT molecular complexity index is 823. The quantitative estimate of drug-likeness (QED) is 0.629. The number of aryl methyl sites for hydroxylation is 1. The molecule has 0 atom stereocenters. The molecule has 2 aromatic rings. The smallest absolute Gasteiger partial charge is 0.409 e. The van der Waals surface area contributed by atoms with E-state index in [9.17, 15) is 4.79 Å². The lowest BCUT2D eigenvalue weighted by atomic mass is 10.3. The van der Waals surface area contributed by atoms with Crippen LogP contribution in [0.1, 0.15) is 19.7 Å². The highest BCUT2D eigenvalue weighted by molar-refractivity contribution is 5.80. The van der Waals surface area contributed by atoms with Gasteiger partial charge in [0.2, 0.25) is 0 Å². The Kier molecular flexibility index (Phi) is 6.73. The predicted molar refractivity (Wildman–Crippen MR) is 111 cm³/mol. The van der Waals surface area contributed by atoms with Crippen molar-refractivity contribution in [1.82, 2.24) is 24.7 Å². The third-order valence-electron chi connectivity index (χ3n) is 4.87. The molecule has 1 aliphatic rings. The molecule has 1 aromatic carbocycles. The number of carbonyl (C=O) groups excluding carboxylic acids is 1. The van der Waals surface area contributed by atoms with Gasteiger partial charge in [-0.25, -0.2) is 9.78 Å². The zero-order valence-electron chi connectivity index (χ0n) is 17.0. The number of guanidine groups is 1. The third-order valence-corrected chi connectivity index (χ3v) is 4.87. The Morgan fingerprint density at radius 2 is 1.89 bits per heavy atom. The van der Waals surface area contributed by atoms with E-state index in [1.54, 1.807) is 4.90 Å². The zero-order chi connectivity index (χ0) is 19.9. The first kappa shape index (κ1) is 20.0. The number of amides is 1. The second-order valence-electron chi connectivity index (χ2n) is 6.71. The van der Waals surface area contributed by atoms with Gasteiger partial charge in [-0.1, -0.05) is 12.1 Å². The number of benzene rings is 1. The number of ether oxygens (including phenoxy) is 1. The Balaban J connectivity index is 1.62. The average molecular weight is 387 g/mol. The number of aliphatic imine (C=N–C) groups is 1. The third kappa shape index (κ3) is 4.55. The Labute approximate surface area is 166 Å². The van der Waals surface area contributed by atoms with Gasteiger partial charge in [-0.3, -0.25) is 4.99 Å². The summed E-state index contributed by atoms with van der Waals surface area (Å²) in [6, 6.07) is 8.18. The zero-order valence-corrected chi connectivity index (χ0v) is 17.0. The van der Waals surface area contributed by atoms with Gasteiger partial charge in [0, 0.05) is 39.3 Å². The van der Waals surface area contributed by atoms with E-state index in [-0.39, 0.29) is 6.09 Å². The first-order valence-electron chi connectivity index (χ1n) is 10.0. The average Bonchev–Trinajstić information content (AvgIpc) is 3.03. The summed E-state index contributed by atoms with van der Waals surface area (Å²) in [7, 11) is 0. The van der Waals surface area contributed by atoms with Gasteiger partial charge < -0.3 is 24.4 Å². The molecule has 0 aliphatic carbocycles. The Hall–Kier alpha value is -2.77. The van der Waals surface area contributed by atoms with Crippen LogP contribution in [0.5, 0.6) is 0 Å². The molecule has 1 saturated heterocycles. The maximum absolute atomic E-state index is 11.9. The molecule has 28 heavy (non-hydrogen) atoms. The van der Waals surface area contributed by atoms with Crippen molar-refractivity contribution in [2.75, 3.05) is 45.9 Å². The maximum atomic E-state index is 11.9. The highest BCUT2D eigenvalue weighted by Gasteiger charge is 2.23. The van der Waals surface area contributed by atoms with Crippen LogP contribution in [0.2, 0.25) is 0 Å². The number of fused-ring (bicyclic) bond motifs is 1. The first-order chi connectivity index (χ1) is 13.6. The van der Waals surface area contributed by atoms with E-state index in [1.807, 2.05) is 32.0 Å². The second-order valence-corrected chi connectivity index (χ2v) is 6.71. The van der Waals surface area contributed by atoms with Crippen LogP contribution in [0, 0.1) is 6.92 Å². The molecule has 8 heteroatoms. The van der Waals surface area contributed by atoms with Gasteiger partial charge in [0.25, 0.3) is 0 Å². The van der Waals surface area contributed by atoms with Crippen LogP contribution in [-0.4, -0.2) is 77.3 Å². The minimum Gasteiger partial charge on any atom is -0.450 e. The molecule has 1 amide bonds. The Morgan fingerprint density at radius 1 is 1.18 bits per heavy atom. The lowest BCUT2D eigenvalue weighted by Crippen LogP contribution is -2.54. The monoisotopic (exact) mass is 386 g/mol. The summed E-state index contributed by atoms with van der Waals surface area (Å²) >= 11 is 0. The van der Waals surface area contributed by atoms with E-state index in [0.29, 0.717) is 26.2 Å². The van der Waals surface area contributed by atoms with E-state index in [1.165, 1.54) is 0 Å². The van der Waals surface area contributed by atoms with Crippen LogP contribution < -0.4 is 5.32 Å². The van der Waals surface area contributed by atoms with Gasteiger partial charge in [-0.05, 0) is 32.9 Å². The van der Waals surface area contributed by atoms with Crippen molar-refractivity contribution in [3.05, 3.63) is 30.1 Å². The van der Waals surface area contributed by atoms with Crippen molar-refractivity contribution in [2.24, 2.45) is 4.99 Å². The molecular weight excluding hydrogens is 356 g/mol. The number of aromatic nitrogens is 2. The van der Waals surface area contributed by atoms with E-state index in [2.05, 4.69) is 32.8 Å². The van der Waals surface area contributed by atoms with Crippen LogP contribution in [0.3, 0.4) is 0 Å². The highest BCUT2D eigenvalue weighted by Crippen LogP contribution is 2.15. The van der Waals surface area contributed by atoms with Crippen LogP contribution in [0.15, 0.2) is 29.3 Å². The van der Waals surface area contributed by atoms with Crippen molar-refractivity contribution in [2.45, 2.75) is 27.3 Å². The number of carbonyl (C=O) groups is 1. The number of para-hydroxylation sites is 2. The fourth-order valence-electron chi connectivity index (χ4n) is 3.48. The standard InChI is InChI=1S/C20H30N6O2/c1-4-21-19(24-12-14-25(15-13-24)20(27)28-5-2)22-10-11-26-16(3)23-17-8-6-7-9-18(17)26/h6-9H,4-5,10-15H2,1-3H3,(H,21,22). The molecule has 8 nitrogen and oxygen atoms in total. The van der Waals surface area contributed by atoms with Crippen molar-refractivity contribution in [1.29, 1.82) is 0 Å². The molecule has 152 valence electrons. The van der Waals surface area contributed by atoms with Crippen LogP contribution in [0.25, 0.3) is 11.0 Å². The number of rotatable bonds is 5. The molecule has 0 unspecified atom stereocenters. The predicted octanol–water partition coefficient (Wildman–Crippen LogP) is 2.08. The first-order valence-corrected chi connectivity index (χ1v) is 10.0. The van der Waals surface area contributed by atoms with Crippen molar-refractivity contribution < 1.29 is 9.53 Å². The number of nitrogens with zero attached hydrogens (tertiary/aromatic N) is 5. The summed E-state index contributed by atoms with van der Waals surface area (Å²) in [5.74, 6) is 1.90. The molecule has 1 aromatic heterocycles. The molecule has 0 radical (unpaired) electrons. The molecule has 1 aliphatic heterocycles. The fraction of sp³-hybridized carbons (Fsp3) is 0.550. The molecule has 1 N–H and O–H groups in total. The molecule has 0 bridgehead atoms. The lowest BCUT2D eigenvalue weighted by molar-refractivity contribution is 0.0914. The number of piperazine rings is 1. The molecule has 3 rings (SSSR count). The van der Waals surface area contributed by atoms with Gasteiger partial charge >= 0.3 is 6.09 Å². The summed E-state index contributed by atoms with van der Waals surface area (Å²) in [5, 5.41) is 3.37. The number of nitrogens with one attached hydrogen (secondary N) is 1. The molecule has 0 saturated carbocycles. The normalized spacial score (nSPS) is 15.2. The van der Waals surface area contributed by atoms with Gasteiger partial charge in [0.15, 0.2) is 5.96 Å². The van der Waals surface area contributed by atoms with E-state index in [0.717, 1.165) is 49.0 Å². The minimum atomic E-state index is -0.230. The molecule has 0 spiro atoms. The second kappa shape index (κ2) is 9.43. The summed E-state index contributed by atoms with van der Waals surface area (Å²) in [5.41, 5.74) is 2.16. The highest BCUT2D eigenvalue weighted by atomic mass is 16.6.